The summed E-state index contributed by atoms with van der Waals surface area (Å²) >= 11 is 0. The van der Waals surface area contributed by atoms with Gasteiger partial charge in [0, 0.05) is 27.2 Å². The minimum Gasteiger partial charge on any atom is -0.444 e. The van der Waals surface area contributed by atoms with E-state index in [1.165, 1.54) is 0 Å². The van der Waals surface area contributed by atoms with Crippen molar-refractivity contribution >= 4 is 36.0 Å². The molecule has 0 spiro atoms. The van der Waals surface area contributed by atoms with E-state index in [9.17, 15) is 4.79 Å². The smallest absolute Gasteiger partial charge is 0.407 e. The molecular weight excluding hydrogens is 419 g/mol. The highest BCUT2D eigenvalue weighted by Crippen LogP contribution is 2.08. The number of halogens is 1. The van der Waals surface area contributed by atoms with E-state index in [2.05, 4.69) is 41.3 Å². The molecule has 0 radical (unpaired) electrons. The summed E-state index contributed by atoms with van der Waals surface area (Å²) in [6, 6.07) is -0.0267. The maximum atomic E-state index is 12.0. The lowest BCUT2D eigenvalue weighted by molar-refractivity contribution is 0.0491. The Bertz CT molecular complexity index is 381. The number of aliphatic imine (C=N–C) groups is 1. The van der Waals surface area contributed by atoms with Crippen LogP contribution in [0, 0.1) is 5.92 Å². The molecule has 0 fully saturated rings. The van der Waals surface area contributed by atoms with Crippen molar-refractivity contribution in [3.05, 3.63) is 0 Å². The normalized spacial score (nSPS) is 13.1. The first-order valence-electron chi connectivity index (χ1n) is 8.52. The van der Waals surface area contributed by atoms with Gasteiger partial charge in [-0.1, -0.05) is 27.2 Å². The van der Waals surface area contributed by atoms with Crippen molar-refractivity contribution in [3.8, 4) is 0 Å². The molecule has 2 N–H and O–H groups in total. The molecule has 7 heteroatoms. The number of alkyl carbamates (subject to hydrolysis) is 1. The molecule has 0 bridgehead atoms. The Kier molecular flexibility index (Phi) is 13.4. The second-order valence-corrected chi connectivity index (χ2v) is 7.20. The van der Waals surface area contributed by atoms with Gasteiger partial charge in [0.25, 0.3) is 0 Å². The van der Waals surface area contributed by atoms with E-state index in [1.807, 2.05) is 27.8 Å². The molecule has 1 atom stereocenters. The van der Waals surface area contributed by atoms with Crippen LogP contribution in [0.25, 0.3) is 0 Å². The monoisotopic (exact) mass is 456 g/mol. The summed E-state index contributed by atoms with van der Waals surface area (Å²) in [7, 11) is 3.80. The van der Waals surface area contributed by atoms with Crippen LogP contribution in [0.5, 0.6) is 0 Å². The summed E-state index contributed by atoms with van der Waals surface area (Å²) in [6.07, 6.45) is 1.89. The zero-order chi connectivity index (χ0) is 18.0. The summed E-state index contributed by atoms with van der Waals surface area (Å²) in [4.78, 5) is 18.4. The van der Waals surface area contributed by atoms with E-state index >= 15 is 0 Å². The van der Waals surface area contributed by atoms with Gasteiger partial charge in [-0.2, -0.15) is 0 Å². The van der Waals surface area contributed by atoms with E-state index in [1.54, 1.807) is 7.05 Å². The van der Waals surface area contributed by atoms with Crippen LogP contribution in [-0.2, 0) is 4.74 Å². The van der Waals surface area contributed by atoms with Crippen LogP contribution in [0.2, 0.25) is 0 Å². The molecule has 0 rings (SSSR count). The molecule has 0 heterocycles. The first-order valence-corrected chi connectivity index (χ1v) is 8.52. The minimum atomic E-state index is -0.491. The predicted octanol–water partition coefficient (Wildman–Crippen LogP) is 3.46. The number of guanidine groups is 1. The van der Waals surface area contributed by atoms with Crippen molar-refractivity contribution < 1.29 is 9.53 Å². The maximum Gasteiger partial charge on any atom is 0.407 e. The molecule has 0 saturated carbocycles. The van der Waals surface area contributed by atoms with Gasteiger partial charge in [0.2, 0.25) is 0 Å². The van der Waals surface area contributed by atoms with Crippen molar-refractivity contribution in [2.45, 2.75) is 66.0 Å². The summed E-state index contributed by atoms with van der Waals surface area (Å²) in [5, 5.41) is 6.27. The number of hydrogen-bond donors (Lipinski definition) is 2. The third-order valence-corrected chi connectivity index (χ3v) is 3.41. The number of hydrogen-bond acceptors (Lipinski definition) is 3. The topological polar surface area (TPSA) is 66.0 Å². The molecular formula is C17H37IN4O2. The molecule has 24 heavy (non-hydrogen) atoms. The van der Waals surface area contributed by atoms with Crippen LogP contribution in [0.4, 0.5) is 4.79 Å². The van der Waals surface area contributed by atoms with Crippen molar-refractivity contribution in [1.29, 1.82) is 0 Å². The number of nitrogens with zero attached hydrogens (tertiary/aromatic N) is 2. The number of amides is 1. The van der Waals surface area contributed by atoms with E-state index < -0.39 is 5.60 Å². The SMILES string of the molecule is CCCCN(C)C(=NC)NCC(NC(=O)OC(C)(C)C)C(C)C.I. The summed E-state index contributed by atoms with van der Waals surface area (Å²) in [6.45, 7) is 13.5. The van der Waals surface area contributed by atoms with Crippen LogP contribution < -0.4 is 10.6 Å². The van der Waals surface area contributed by atoms with E-state index in [0.717, 1.165) is 25.3 Å². The molecule has 1 amide bonds. The molecule has 0 aliphatic heterocycles. The standard InChI is InChI=1S/C17H36N4O2.HI/c1-9-10-11-21(8)15(18-7)19-12-14(13(2)3)20-16(22)23-17(4,5)6;/h13-14H,9-12H2,1-8H3,(H,18,19)(H,20,22);1H. The zero-order valence-corrected chi connectivity index (χ0v) is 18.9. The van der Waals surface area contributed by atoms with Crippen molar-refractivity contribution in [2.75, 3.05) is 27.2 Å². The fraction of sp³-hybridized carbons (Fsp3) is 0.882. The first-order chi connectivity index (χ1) is 10.6. The van der Waals surface area contributed by atoms with Gasteiger partial charge in [0.1, 0.15) is 5.60 Å². The number of nitrogens with one attached hydrogen (secondary N) is 2. The number of ether oxygens (including phenoxy) is 1. The fourth-order valence-electron chi connectivity index (χ4n) is 2.00. The van der Waals surface area contributed by atoms with Crippen molar-refractivity contribution in [1.82, 2.24) is 15.5 Å². The Morgan fingerprint density at radius 3 is 2.29 bits per heavy atom. The lowest BCUT2D eigenvalue weighted by Crippen LogP contribution is -2.50. The molecule has 6 nitrogen and oxygen atoms in total. The Morgan fingerprint density at radius 2 is 1.88 bits per heavy atom. The average Bonchev–Trinajstić information content (AvgIpc) is 2.42. The van der Waals surface area contributed by atoms with Crippen LogP contribution in [0.15, 0.2) is 4.99 Å². The summed E-state index contributed by atoms with van der Waals surface area (Å²) < 4.78 is 5.33. The molecule has 144 valence electrons. The number of carbonyl (C=O) groups excluding carboxylic acids is 1. The minimum absolute atomic E-state index is 0. The van der Waals surface area contributed by atoms with E-state index in [0.29, 0.717) is 6.54 Å². The lowest BCUT2D eigenvalue weighted by atomic mass is 10.0. The predicted molar refractivity (Wildman–Crippen MR) is 112 cm³/mol. The second kappa shape index (κ2) is 12.6. The Balaban J connectivity index is 0. The highest BCUT2D eigenvalue weighted by atomic mass is 127. The second-order valence-electron chi connectivity index (χ2n) is 7.20. The van der Waals surface area contributed by atoms with Crippen LogP contribution >= 0.6 is 24.0 Å². The van der Waals surface area contributed by atoms with Gasteiger partial charge in [0.05, 0.1) is 6.04 Å². The quantitative estimate of drug-likeness (QED) is 0.350. The molecule has 0 aromatic carbocycles. The Labute approximate surface area is 165 Å². The van der Waals surface area contributed by atoms with Crippen LogP contribution in [-0.4, -0.2) is 55.8 Å². The number of rotatable bonds is 7. The van der Waals surface area contributed by atoms with Gasteiger partial charge in [-0.05, 0) is 33.1 Å². The van der Waals surface area contributed by atoms with Gasteiger partial charge in [-0.25, -0.2) is 4.79 Å². The molecule has 1 unspecified atom stereocenters. The third kappa shape index (κ3) is 11.8. The van der Waals surface area contributed by atoms with E-state index in [4.69, 9.17) is 4.74 Å². The largest absolute Gasteiger partial charge is 0.444 e. The fourth-order valence-corrected chi connectivity index (χ4v) is 2.00. The van der Waals surface area contributed by atoms with Crippen molar-refractivity contribution in [3.63, 3.8) is 0 Å². The molecule has 0 aromatic rings. The third-order valence-electron chi connectivity index (χ3n) is 3.41. The highest BCUT2D eigenvalue weighted by Gasteiger charge is 2.21. The average molecular weight is 456 g/mol. The first kappa shape index (κ1) is 25.5. The number of carbonyl (C=O) groups is 1. The van der Waals surface area contributed by atoms with Gasteiger partial charge < -0.3 is 20.3 Å². The van der Waals surface area contributed by atoms with E-state index in [-0.39, 0.29) is 42.0 Å². The molecule has 0 aliphatic carbocycles. The molecule has 0 aliphatic rings. The number of unbranched alkanes of at least 4 members (excludes halogenated alkanes) is 1. The lowest BCUT2D eigenvalue weighted by Gasteiger charge is -2.28. The van der Waals surface area contributed by atoms with Gasteiger partial charge in [0.15, 0.2) is 5.96 Å². The Morgan fingerprint density at radius 1 is 1.29 bits per heavy atom. The maximum absolute atomic E-state index is 12.0. The van der Waals surface area contributed by atoms with Gasteiger partial charge >= 0.3 is 6.09 Å². The van der Waals surface area contributed by atoms with Gasteiger partial charge in [-0.3, -0.25) is 4.99 Å². The van der Waals surface area contributed by atoms with Crippen LogP contribution in [0.3, 0.4) is 0 Å². The molecule has 0 saturated heterocycles. The zero-order valence-electron chi connectivity index (χ0n) is 16.6. The Hall–Kier alpha value is -0.730. The highest BCUT2D eigenvalue weighted by molar-refractivity contribution is 14.0. The van der Waals surface area contributed by atoms with Gasteiger partial charge in [-0.15, -0.1) is 24.0 Å². The van der Waals surface area contributed by atoms with Crippen molar-refractivity contribution in [2.24, 2.45) is 10.9 Å². The van der Waals surface area contributed by atoms with Crippen LogP contribution in [0.1, 0.15) is 54.4 Å². The molecule has 0 aromatic heterocycles. The summed E-state index contributed by atoms with van der Waals surface area (Å²) in [5.74, 6) is 1.13. The summed E-state index contributed by atoms with van der Waals surface area (Å²) in [5.41, 5.74) is -0.491.